The van der Waals surface area contributed by atoms with Crippen LogP contribution in [0.1, 0.15) is 49.9 Å². The molecule has 0 radical (unpaired) electrons. The second kappa shape index (κ2) is 11.3. The molecule has 0 saturated carbocycles. The Morgan fingerprint density at radius 2 is 1.75 bits per heavy atom. The van der Waals surface area contributed by atoms with Crippen molar-refractivity contribution < 1.29 is 28.7 Å². The smallest absolute Gasteiger partial charge is 0.255 e. The normalized spacial score (nSPS) is 28.4. The van der Waals surface area contributed by atoms with Crippen molar-refractivity contribution in [2.24, 2.45) is 0 Å². The first-order valence-corrected chi connectivity index (χ1v) is 12.8. The lowest BCUT2D eigenvalue weighted by atomic mass is 10.1. The van der Waals surface area contributed by atoms with E-state index in [0.717, 1.165) is 6.42 Å². The van der Waals surface area contributed by atoms with Crippen molar-refractivity contribution in [2.75, 3.05) is 39.8 Å². The summed E-state index contributed by atoms with van der Waals surface area (Å²) < 4.78 is 11.6. The van der Waals surface area contributed by atoms with Gasteiger partial charge in [0.1, 0.15) is 24.4 Å². The molecule has 3 heterocycles. The molecule has 0 unspecified atom stereocenters. The maximum absolute atomic E-state index is 13.6. The SMILES string of the molecule is C[C@@H]1CN(C(=O)[C@@H]2CCC(=O)N3CCC[C@@H]3C(=O)N(C)CCOc3ccccc3C(=O)N2)C[C@H](C)O1. The number of amides is 4. The molecular weight excluding hydrogens is 464 g/mol. The highest BCUT2D eigenvalue weighted by Gasteiger charge is 2.37. The molecule has 4 amide bonds. The summed E-state index contributed by atoms with van der Waals surface area (Å²) in [7, 11) is 1.70. The number of ether oxygens (including phenoxy) is 2. The minimum atomic E-state index is -0.892. The van der Waals surface area contributed by atoms with E-state index in [-0.39, 0.29) is 49.4 Å². The Morgan fingerprint density at radius 3 is 2.50 bits per heavy atom. The number of hydrogen-bond acceptors (Lipinski definition) is 6. The van der Waals surface area contributed by atoms with Gasteiger partial charge in [-0.25, -0.2) is 0 Å². The predicted octanol–water partition coefficient (Wildman–Crippen LogP) is 1.04. The van der Waals surface area contributed by atoms with Crippen molar-refractivity contribution in [3.8, 4) is 5.75 Å². The zero-order valence-corrected chi connectivity index (χ0v) is 21.3. The quantitative estimate of drug-likeness (QED) is 0.618. The molecule has 1 aromatic carbocycles. The zero-order chi connectivity index (χ0) is 25.8. The van der Waals surface area contributed by atoms with Gasteiger partial charge >= 0.3 is 0 Å². The summed E-state index contributed by atoms with van der Waals surface area (Å²) in [5, 5.41) is 2.87. The minimum Gasteiger partial charge on any atom is -0.491 e. The fourth-order valence-corrected chi connectivity index (χ4v) is 5.24. The molecule has 3 aliphatic rings. The molecule has 2 saturated heterocycles. The van der Waals surface area contributed by atoms with Crippen LogP contribution in [0.15, 0.2) is 24.3 Å². The molecule has 10 heteroatoms. The summed E-state index contributed by atoms with van der Waals surface area (Å²) in [5.41, 5.74) is 0.301. The Balaban J connectivity index is 1.61. The van der Waals surface area contributed by atoms with Crippen molar-refractivity contribution in [1.29, 1.82) is 0 Å². The Labute approximate surface area is 211 Å². The summed E-state index contributed by atoms with van der Waals surface area (Å²) in [6.07, 6.45) is 1.31. The molecule has 0 aromatic heterocycles. The highest BCUT2D eigenvalue weighted by atomic mass is 16.5. The van der Waals surface area contributed by atoms with E-state index < -0.39 is 18.0 Å². The average Bonchev–Trinajstić information content (AvgIpc) is 3.34. The van der Waals surface area contributed by atoms with Crippen molar-refractivity contribution in [3.05, 3.63) is 29.8 Å². The first-order chi connectivity index (χ1) is 17.2. The van der Waals surface area contributed by atoms with Crippen LogP contribution < -0.4 is 10.1 Å². The summed E-state index contributed by atoms with van der Waals surface area (Å²) in [6, 6.07) is 5.43. The predicted molar refractivity (Wildman–Crippen MR) is 131 cm³/mol. The first-order valence-electron chi connectivity index (χ1n) is 12.8. The first kappa shape index (κ1) is 25.9. The third-order valence-electron chi connectivity index (χ3n) is 7.03. The number of para-hydroxylation sites is 1. The van der Waals surface area contributed by atoms with E-state index in [1.54, 1.807) is 46.0 Å². The second-order valence-corrected chi connectivity index (χ2v) is 9.91. The van der Waals surface area contributed by atoms with E-state index in [9.17, 15) is 19.2 Å². The topological polar surface area (TPSA) is 108 Å². The van der Waals surface area contributed by atoms with E-state index in [4.69, 9.17) is 9.47 Å². The van der Waals surface area contributed by atoms with E-state index in [1.165, 1.54) is 0 Å². The highest BCUT2D eigenvalue weighted by Crippen LogP contribution is 2.23. The molecule has 0 spiro atoms. The van der Waals surface area contributed by atoms with E-state index in [1.807, 2.05) is 13.8 Å². The number of carbonyl (C=O) groups is 4. The lowest BCUT2D eigenvalue weighted by molar-refractivity contribution is -0.146. The number of benzene rings is 1. The van der Waals surface area contributed by atoms with Gasteiger partial charge in [0.05, 0.1) is 24.3 Å². The third kappa shape index (κ3) is 5.80. The Bertz CT molecular complexity index is 990. The number of nitrogens with zero attached hydrogens (tertiary/aromatic N) is 3. The van der Waals surface area contributed by atoms with E-state index in [0.29, 0.717) is 43.9 Å². The molecule has 36 heavy (non-hydrogen) atoms. The molecule has 0 aliphatic carbocycles. The Hall–Kier alpha value is -3.14. The summed E-state index contributed by atoms with van der Waals surface area (Å²) >= 11 is 0. The molecule has 4 rings (SSSR count). The maximum atomic E-state index is 13.6. The van der Waals surface area contributed by atoms with Gasteiger partial charge in [-0.15, -0.1) is 0 Å². The van der Waals surface area contributed by atoms with Crippen LogP contribution in [0, 0.1) is 0 Å². The lowest BCUT2D eigenvalue weighted by Crippen LogP contribution is -2.55. The van der Waals surface area contributed by atoms with Crippen LogP contribution in [0.25, 0.3) is 0 Å². The van der Waals surface area contributed by atoms with Crippen molar-refractivity contribution in [2.45, 2.75) is 63.8 Å². The number of nitrogens with one attached hydrogen (secondary N) is 1. The third-order valence-corrected chi connectivity index (χ3v) is 7.03. The number of hydrogen-bond donors (Lipinski definition) is 1. The molecule has 196 valence electrons. The van der Waals surface area contributed by atoms with Crippen LogP contribution in [0.5, 0.6) is 5.75 Å². The standard InChI is InChI=1S/C26H36N4O6/c1-17-15-29(16-18(2)36-17)25(33)20-10-11-23(31)30-12-6-8-21(30)26(34)28(3)13-14-35-22-9-5-4-7-19(22)24(32)27-20/h4-5,7,9,17-18,20-21H,6,8,10-16H2,1-3H3,(H,27,32)/t17-,18+,20-,21+/m0/s1. The number of rotatable bonds is 1. The number of likely N-dealkylation sites (N-methyl/N-ethyl adjacent to an activating group) is 1. The van der Waals surface area contributed by atoms with Gasteiger partial charge in [0.2, 0.25) is 17.7 Å². The fraction of sp³-hybridized carbons (Fsp3) is 0.615. The van der Waals surface area contributed by atoms with Crippen LogP contribution >= 0.6 is 0 Å². The molecule has 4 atom stereocenters. The Morgan fingerprint density at radius 1 is 1.03 bits per heavy atom. The van der Waals surface area contributed by atoms with Gasteiger partial charge < -0.3 is 29.5 Å². The van der Waals surface area contributed by atoms with Gasteiger partial charge in [0.15, 0.2) is 0 Å². The van der Waals surface area contributed by atoms with Crippen molar-refractivity contribution in [1.82, 2.24) is 20.0 Å². The molecule has 1 aromatic rings. The van der Waals surface area contributed by atoms with Crippen LogP contribution in [-0.2, 0) is 19.1 Å². The molecule has 0 bridgehead atoms. The van der Waals surface area contributed by atoms with Crippen LogP contribution in [-0.4, -0.2) is 102 Å². The van der Waals surface area contributed by atoms with Gasteiger partial charge in [0.25, 0.3) is 5.91 Å². The maximum Gasteiger partial charge on any atom is 0.255 e. The van der Waals surface area contributed by atoms with Crippen LogP contribution in [0.4, 0.5) is 0 Å². The van der Waals surface area contributed by atoms with Gasteiger partial charge in [-0.3, -0.25) is 19.2 Å². The largest absolute Gasteiger partial charge is 0.491 e. The van der Waals surface area contributed by atoms with E-state index in [2.05, 4.69) is 5.32 Å². The monoisotopic (exact) mass is 500 g/mol. The number of carbonyl (C=O) groups excluding carboxylic acids is 4. The summed E-state index contributed by atoms with van der Waals surface area (Å²) in [5.74, 6) is -0.602. The van der Waals surface area contributed by atoms with Gasteiger partial charge in [0, 0.05) is 33.1 Å². The van der Waals surface area contributed by atoms with Crippen LogP contribution in [0.3, 0.4) is 0 Å². The summed E-state index contributed by atoms with van der Waals surface area (Å²) in [6.45, 7) is 5.67. The second-order valence-electron chi connectivity index (χ2n) is 9.91. The Kier molecular flexibility index (Phi) is 8.13. The lowest BCUT2D eigenvalue weighted by Gasteiger charge is -2.37. The summed E-state index contributed by atoms with van der Waals surface area (Å²) in [4.78, 5) is 58.0. The van der Waals surface area contributed by atoms with Crippen LogP contribution in [0.2, 0.25) is 0 Å². The highest BCUT2D eigenvalue weighted by molar-refractivity contribution is 6.00. The fourth-order valence-electron chi connectivity index (χ4n) is 5.24. The average molecular weight is 501 g/mol. The van der Waals surface area contributed by atoms with Crippen molar-refractivity contribution in [3.63, 3.8) is 0 Å². The molecule has 1 N–H and O–H groups in total. The van der Waals surface area contributed by atoms with Gasteiger partial charge in [-0.1, -0.05) is 12.1 Å². The zero-order valence-electron chi connectivity index (χ0n) is 21.3. The van der Waals surface area contributed by atoms with Crippen molar-refractivity contribution >= 4 is 23.6 Å². The molecular formula is C26H36N4O6. The minimum absolute atomic E-state index is 0.0533. The molecule has 3 aliphatic heterocycles. The number of morpholine rings is 1. The number of fused-ring (bicyclic) bond motifs is 2. The van der Waals surface area contributed by atoms with E-state index >= 15 is 0 Å². The van der Waals surface area contributed by atoms with Gasteiger partial charge in [-0.2, -0.15) is 0 Å². The van der Waals surface area contributed by atoms with Gasteiger partial charge in [-0.05, 0) is 45.2 Å². The molecule has 2 fully saturated rings. The molecule has 10 nitrogen and oxygen atoms in total.